The zero-order valence-electron chi connectivity index (χ0n) is 17.6. The van der Waals surface area contributed by atoms with Crippen molar-refractivity contribution in [2.75, 3.05) is 13.1 Å². The maximum Gasteiger partial charge on any atom is 0.0947 e. The number of rotatable bonds is 11. The van der Waals surface area contributed by atoms with E-state index in [2.05, 4.69) is 97.2 Å². The van der Waals surface area contributed by atoms with E-state index in [1.165, 1.54) is 41.5 Å². The first kappa shape index (κ1) is 21.3. The number of aryl methyl sites for hydroxylation is 1. The molecule has 0 saturated carbocycles. The van der Waals surface area contributed by atoms with E-state index in [1.807, 2.05) is 0 Å². The van der Waals surface area contributed by atoms with Crippen LogP contribution in [0.5, 0.6) is 0 Å². The van der Waals surface area contributed by atoms with Crippen molar-refractivity contribution in [1.29, 1.82) is 0 Å². The van der Waals surface area contributed by atoms with E-state index in [9.17, 15) is 0 Å². The van der Waals surface area contributed by atoms with Crippen molar-refractivity contribution in [3.8, 4) is 0 Å². The summed E-state index contributed by atoms with van der Waals surface area (Å²) in [6, 6.07) is 30.6. The molecule has 0 saturated heterocycles. The summed E-state index contributed by atoms with van der Waals surface area (Å²) in [6.07, 6.45) is 6.03. The first-order chi connectivity index (χ1) is 14.3. The molecular weight excluding hydrogens is 352 g/mol. The smallest absolute Gasteiger partial charge is 0.0947 e. The van der Waals surface area contributed by atoms with Gasteiger partial charge in [-0.25, -0.2) is 0 Å². The Morgan fingerprint density at radius 1 is 0.621 bits per heavy atom. The van der Waals surface area contributed by atoms with Crippen molar-refractivity contribution in [2.24, 2.45) is 5.73 Å². The third kappa shape index (κ3) is 5.35. The Morgan fingerprint density at radius 2 is 1.10 bits per heavy atom. The molecule has 0 aliphatic rings. The van der Waals surface area contributed by atoms with Crippen molar-refractivity contribution in [1.82, 2.24) is 5.32 Å². The molecule has 0 heterocycles. The summed E-state index contributed by atoms with van der Waals surface area (Å²) >= 11 is 0. The minimum Gasteiger partial charge on any atom is -0.330 e. The second-order valence-corrected chi connectivity index (χ2v) is 7.83. The van der Waals surface area contributed by atoms with E-state index in [1.54, 1.807) is 0 Å². The molecule has 0 atom stereocenters. The fraction of sp³-hybridized carbons (Fsp3) is 0.333. The van der Waals surface area contributed by atoms with Crippen LogP contribution in [0.1, 0.15) is 54.4 Å². The van der Waals surface area contributed by atoms with Crippen LogP contribution in [0.2, 0.25) is 0 Å². The molecule has 2 heteroatoms. The van der Waals surface area contributed by atoms with Crippen LogP contribution >= 0.6 is 0 Å². The van der Waals surface area contributed by atoms with Gasteiger partial charge in [0.15, 0.2) is 0 Å². The summed E-state index contributed by atoms with van der Waals surface area (Å²) < 4.78 is 0. The fourth-order valence-corrected chi connectivity index (χ4v) is 4.06. The number of nitrogens with one attached hydrogen (secondary N) is 1. The number of nitrogens with two attached hydrogens (primary N) is 1. The maximum absolute atomic E-state index is 5.62. The van der Waals surface area contributed by atoms with Crippen LogP contribution in [-0.2, 0) is 5.54 Å². The van der Waals surface area contributed by atoms with Crippen LogP contribution < -0.4 is 11.1 Å². The van der Waals surface area contributed by atoms with Gasteiger partial charge in [0.05, 0.1) is 5.54 Å². The summed E-state index contributed by atoms with van der Waals surface area (Å²) in [7, 11) is 0. The van der Waals surface area contributed by atoms with Gasteiger partial charge in [0.2, 0.25) is 0 Å². The molecule has 3 aromatic rings. The average molecular weight is 387 g/mol. The van der Waals surface area contributed by atoms with Crippen LogP contribution in [0, 0.1) is 6.92 Å². The standard InChI is InChI=1S/C27H34N2/c1-23-17-19-26(20-18-23)27(24-13-7-5-8-14-24,25-15-9-6-10-16-25)29-22-12-4-2-3-11-21-28/h5-10,13-20,29H,2-4,11-12,21-22,28H2,1H3. The summed E-state index contributed by atoms with van der Waals surface area (Å²) in [5, 5.41) is 3.97. The van der Waals surface area contributed by atoms with Gasteiger partial charge >= 0.3 is 0 Å². The van der Waals surface area contributed by atoms with Crippen LogP contribution in [0.3, 0.4) is 0 Å². The highest BCUT2D eigenvalue weighted by molar-refractivity contribution is 5.49. The van der Waals surface area contributed by atoms with Gasteiger partial charge in [-0.2, -0.15) is 0 Å². The van der Waals surface area contributed by atoms with Gasteiger partial charge in [0, 0.05) is 0 Å². The summed E-state index contributed by atoms with van der Waals surface area (Å²) in [5.41, 5.74) is 10.4. The normalized spacial score (nSPS) is 11.5. The minimum atomic E-state index is -0.354. The Hall–Kier alpha value is -2.42. The van der Waals surface area contributed by atoms with E-state index in [-0.39, 0.29) is 5.54 Å². The molecule has 0 fully saturated rings. The highest BCUT2D eigenvalue weighted by atomic mass is 15.0. The predicted octanol–water partition coefficient (Wildman–Crippen LogP) is 5.79. The Morgan fingerprint density at radius 3 is 1.66 bits per heavy atom. The number of benzene rings is 3. The first-order valence-corrected chi connectivity index (χ1v) is 10.9. The number of hydrogen-bond donors (Lipinski definition) is 2. The molecule has 0 bridgehead atoms. The highest BCUT2D eigenvalue weighted by Crippen LogP contribution is 2.37. The van der Waals surface area contributed by atoms with Gasteiger partial charge < -0.3 is 5.73 Å². The third-order valence-corrected chi connectivity index (χ3v) is 5.67. The van der Waals surface area contributed by atoms with Gasteiger partial charge in [-0.1, -0.05) is 110 Å². The van der Waals surface area contributed by atoms with Gasteiger partial charge in [0.25, 0.3) is 0 Å². The van der Waals surface area contributed by atoms with E-state index in [4.69, 9.17) is 5.73 Å². The lowest BCUT2D eigenvalue weighted by Crippen LogP contribution is -2.45. The van der Waals surface area contributed by atoms with Crippen LogP contribution in [-0.4, -0.2) is 13.1 Å². The van der Waals surface area contributed by atoms with Gasteiger partial charge in [0.1, 0.15) is 0 Å². The number of unbranched alkanes of at least 4 members (excludes halogenated alkanes) is 4. The zero-order valence-corrected chi connectivity index (χ0v) is 17.6. The minimum absolute atomic E-state index is 0.354. The Labute approximate surface area is 176 Å². The van der Waals surface area contributed by atoms with Gasteiger partial charge in [-0.15, -0.1) is 0 Å². The monoisotopic (exact) mass is 386 g/mol. The molecule has 0 amide bonds. The predicted molar refractivity (Wildman–Crippen MR) is 124 cm³/mol. The lowest BCUT2D eigenvalue weighted by Gasteiger charge is -2.37. The van der Waals surface area contributed by atoms with Crippen LogP contribution in [0.15, 0.2) is 84.9 Å². The molecule has 29 heavy (non-hydrogen) atoms. The van der Waals surface area contributed by atoms with Gasteiger partial charge in [-0.05, 0) is 49.5 Å². The quantitative estimate of drug-likeness (QED) is 0.323. The topological polar surface area (TPSA) is 38.0 Å². The molecule has 0 radical (unpaired) electrons. The van der Waals surface area contributed by atoms with E-state index >= 15 is 0 Å². The molecule has 0 aliphatic heterocycles. The largest absolute Gasteiger partial charge is 0.330 e. The molecule has 3 aromatic carbocycles. The molecule has 0 spiro atoms. The van der Waals surface area contributed by atoms with Crippen molar-refractivity contribution in [2.45, 2.75) is 44.6 Å². The molecule has 0 aliphatic carbocycles. The summed E-state index contributed by atoms with van der Waals surface area (Å²) in [6.45, 7) is 3.92. The van der Waals surface area contributed by atoms with Crippen LogP contribution in [0.4, 0.5) is 0 Å². The molecule has 2 nitrogen and oxygen atoms in total. The Balaban J connectivity index is 1.93. The van der Waals surface area contributed by atoms with Crippen molar-refractivity contribution >= 4 is 0 Å². The molecule has 0 unspecified atom stereocenters. The lowest BCUT2D eigenvalue weighted by molar-refractivity contribution is 0.455. The Kier molecular flexibility index (Phi) is 8.03. The average Bonchev–Trinajstić information content (AvgIpc) is 2.78. The van der Waals surface area contributed by atoms with E-state index in [0.717, 1.165) is 25.9 Å². The van der Waals surface area contributed by atoms with Gasteiger partial charge in [-0.3, -0.25) is 5.32 Å². The second kappa shape index (κ2) is 10.9. The van der Waals surface area contributed by atoms with Crippen LogP contribution in [0.25, 0.3) is 0 Å². The first-order valence-electron chi connectivity index (χ1n) is 10.9. The highest BCUT2D eigenvalue weighted by Gasteiger charge is 2.35. The summed E-state index contributed by atoms with van der Waals surface area (Å²) in [4.78, 5) is 0. The third-order valence-electron chi connectivity index (χ3n) is 5.67. The second-order valence-electron chi connectivity index (χ2n) is 7.83. The number of hydrogen-bond acceptors (Lipinski definition) is 2. The van der Waals surface area contributed by atoms with Crippen molar-refractivity contribution < 1.29 is 0 Å². The fourth-order valence-electron chi connectivity index (χ4n) is 4.06. The van der Waals surface area contributed by atoms with Crippen molar-refractivity contribution in [3.63, 3.8) is 0 Å². The SMILES string of the molecule is Cc1ccc(C(NCCCCCCCN)(c2ccccc2)c2ccccc2)cc1. The summed E-state index contributed by atoms with van der Waals surface area (Å²) in [5.74, 6) is 0. The lowest BCUT2D eigenvalue weighted by atomic mass is 9.76. The molecule has 0 aromatic heterocycles. The molecule has 152 valence electrons. The molecule has 3 rings (SSSR count). The van der Waals surface area contributed by atoms with E-state index in [0.29, 0.717) is 0 Å². The zero-order chi connectivity index (χ0) is 20.4. The maximum atomic E-state index is 5.62. The van der Waals surface area contributed by atoms with Crippen molar-refractivity contribution in [3.05, 3.63) is 107 Å². The molecule has 3 N–H and O–H groups in total. The Bertz CT molecular complexity index is 786. The molecular formula is C27H34N2. The van der Waals surface area contributed by atoms with E-state index < -0.39 is 0 Å².